The highest BCUT2D eigenvalue weighted by Crippen LogP contribution is 2.31. The molecule has 0 atom stereocenters. The van der Waals surface area contributed by atoms with E-state index in [9.17, 15) is 12.8 Å². The number of hydrogen-bond acceptors (Lipinski definition) is 5. The van der Waals surface area contributed by atoms with E-state index in [2.05, 4.69) is 0 Å². The molecule has 0 aliphatic carbocycles. The zero-order valence-electron chi connectivity index (χ0n) is 12.5. The van der Waals surface area contributed by atoms with Gasteiger partial charge in [-0.25, -0.2) is 4.39 Å². The second-order valence-corrected chi connectivity index (χ2v) is 6.17. The van der Waals surface area contributed by atoms with Crippen molar-refractivity contribution in [1.82, 2.24) is 0 Å². The summed E-state index contributed by atoms with van der Waals surface area (Å²) in [5.74, 6) is -0.610. The number of rotatable bonds is 5. The van der Waals surface area contributed by atoms with Crippen LogP contribution in [0.4, 0.5) is 4.39 Å². The molecular formula is C16H14FNO4S. The topological polar surface area (TPSA) is 76.4 Å². The quantitative estimate of drug-likeness (QED) is 0.784. The molecule has 0 bridgehead atoms. The Hall–Kier alpha value is -2.59. The van der Waals surface area contributed by atoms with Crippen LogP contribution < -0.4 is 8.92 Å². The molecule has 5 nitrogen and oxygen atoms in total. The summed E-state index contributed by atoms with van der Waals surface area (Å²) in [7, 11) is -4.23. The largest absolute Gasteiger partial charge is 0.490 e. The molecule has 0 aromatic heterocycles. The van der Waals surface area contributed by atoms with Crippen LogP contribution in [0, 0.1) is 24.1 Å². The van der Waals surface area contributed by atoms with Crippen LogP contribution in [-0.2, 0) is 10.1 Å². The molecule has 0 N–H and O–H groups in total. The average molecular weight is 335 g/mol. The Balaban J connectivity index is 2.45. The molecular weight excluding hydrogens is 321 g/mol. The number of aryl methyl sites for hydroxylation is 1. The summed E-state index contributed by atoms with van der Waals surface area (Å²) in [6.07, 6.45) is 0. The van der Waals surface area contributed by atoms with E-state index < -0.39 is 15.9 Å². The lowest BCUT2D eigenvalue weighted by atomic mass is 10.2. The summed E-state index contributed by atoms with van der Waals surface area (Å²) < 4.78 is 48.5. The minimum absolute atomic E-state index is 0.0606. The van der Waals surface area contributed by atoms with Gasteiger partial charge in [0.15, 0.2) is 11.5 Å². The Morgan fingerprint density at radius 2 is 1.91 bits per heavy atom. The molecule has 0 fully saturated rings. The Morgan fingerprint density at radius 3 is 2.57 bits per heavy atom. The van der Waals surface area contributed by atoms with E-state index in [1.807, 2.05) is 6.07 Å². The lowest BCUT2D eigenvalue weighted by Gasteiger charge is -2.13. The first kappa shape index (κ1) is 16.8. The van der Waals surface area contributed by atoms with Crippen LogP contribution in [0.5, 0.6) is 11.5 Å². The van der Waals surface area contributed by atoms with Gasteiger partial charge in [0.25, 0.3) is 0 Å². The normalized spacial score (nSPS) is 10.9. The van der Waals surface area contributed by atoms with Crippen molar-refractivity contribution in [2.45, 2.75) is 18.7 Å². The Morgan fingerprint density at radius 1 is 1.17 bits per heavy atom. The molecule has 0 saturated heterocycles. The van der Waals surface area contributed by atoms with Crippen LogP contribution in [0.25, 0.3) is 0 Å². The fraction of sp³-hybridized carbons (Fsp3) is 0.188. The van der Waals surface area contributed by atoms with E-state index >= 15 is 0 Å². The molecule has 0 radical (unpaired) electrons. The monoisotopic (exact) mass is 335 g/mol. The minimum atomic E-state index is -4.23. The third kappa shape index (κ3) is 3.79. The van der Waals surface area contributed by atoms with Crippen molar-refractivity contribution >= 4 is 10.1 Å². The van der Waals surface area contributed by atoms with Crippen LogP contribution in [0.2, 0.25) is 0 Å². The average Bonchev–Trinajstić information content (AvgIpc) is 2.51. The molecule has 2 aromatic carbocycles. The molecule has 0 aliphatic rings. The smallest absolute Gasteiger partial charge is 0.339 e. The van der Waals surface area contributed by atoms with Gasteiger partial charge in [-0.2, -0.15) is 13.7 Å². The van der Waals surface area contributed by atoms with Gasteiger partial charge >= 0.3 is 10.1 Å². The van der Waals surface area contributed by atoms with Crippen LogP contribution in [0.15, 0.2) is 41.3 Å². The van der Waals surface area contributed by atoms with Gasteiger partial charge in [0.1, 0.15) is 10.7 Å². The van der Waals surface area contributed by atoms with Gasteiger partial charge in [-0.1, -0.05) is 6.07 Å². The van der Waals surface area contributed by atoms with Gasteiger partial charge in [-0.3, -0.25) is 0 Å². The van der Waals surface area contributed by atoms with Gasteiger partial charge < -0.3 is 8.92 Å². The van der Waals surface area contributed by atoms with Gasteiger partial charge in [0.2, 0.25) is 0 Å². The molecule has 23 heavy (non-hydrogen) atoms. The van der Waals surface area contributed by atoms with Crippen molar-refractivity contribution in [2.75, 3.05) is 6.61 Å². The number of halogens is 1. The summed E-state index contributed by atoms with van der Waals surface area (Å²) in [4.78, 5) is -0.260. The molecule has 7 heteroatoms. The maximum Gasteiger partial charge on any atom is 0.339 e. The van der Waals surface area contributed by atoms with Gasteiger partial charge in [0, 0.05) is 6.07 Å². The second-order valence-electron chi connectivity index (χ2n) is 4.65. The Bertz CT molecular complexity index is 872. The minimum Gasteiger partial charge on any atom is -0.490 e. The van der Waals surface area contributed by atoms with Crippen LogP contribution in [0.1, 0.15) is 18.1 Å². The Labute approximate surface area is 134 Å². The molecule has 0 heterocycles. The maximum absolute atomic E-state index is 13.3. The van der Waals surface area contributed by atoms with E-state index in [0.29, 0.717) is 11.1 Å². The third-order valence-electron chi connectivity index (χ3n) is 2.99. The van der Waals surface area contributed by atoms with E-state index in [0.717, 1.165) is 6.07 Å². The molecule has 0 spiro atoms. The van der Waals surface area contributed by atoms with Crippen molar-refractivity contribution in [2.24, 2.45) is 0 Å². The SMILES string of the molecule is CCOc1cc(C#N)ccc1OS(=O)(=O)c1cc(F)ccc1C. The van der Waals surface area contributed by atoms with E-state index in [4.69, 9.17) is 14.2 Å². The molecule has 120 valence electrons. The molecule has 0 saturated carbocycles. The highest BCUT2D eigenvalue weighted by atomic mass is 32.2. The number of nitriles is 1. The van der Waals surface area contributed by atoms with Crippen LogP contribution in [0.3, 0.4) is 0 Å². The first-order chi connectivity index (χ1) is 10.9. The van der Waals surface area contributed by atoms with Crippen molar-refractivity contribution in [3.63, 3.8) is 0 Å². The van der Waals surface area contributed by atoms with E-state index in [-0.39, 0.29) is 23.0 Å². The van der Waals surface area contributed by atoms with Crippen molar-refractivity contribution in [3.8, 4) is 17.6 Å². The summed E-state index contributed by atoms with van der Waals surface area (Å²) in [6.45, 7) is 3.52. The van der Waals surface area contributed by atoms with Crippen molar-refractivity contribution in [3.05, 3.63) is 53.3 Å². The number of benzene rings is 2. The summed E-state index contributed by atoms with van der Waals surface area (Å²) in [5, 5.41) is 8.89. The van der Waals surface area contributed by atoms with Crippen LogP contribution in [-0.4, -0.2) is 15.0 Å². The predicted molar refractivity (Wildman–Crippen MR) is 81.3 cm³/mol. The lowest BCUT2D eigenvalue weighted by molar-refractivity contribution is 0.327. The molecule has 0 unspecified atom stereocenters. The highest BCUT2D eigenvalue weighted by molar-refractivity contribution is 7.87. The summed E-state index contributed by atoms with van der Waals surface area (Å²) in [5.41, 5.74) is 0.665. The second kappa shape index (κ2) is 6.67. The number of ether oxygens (including phenoxy) is 1. The zero-order chi connectivity index (χ0) is 17.0. The molecule has 2 rings (SSSR count). The summed E-state index contributed by atoms with van der Waals surface area (Å²) in [6, 6.07) is 9.47. The zero-order valence-corrected chi connectivity index (χ0v) is 13.4. The van der Waals surface area contributed by atoms with Crippen LogP contribution >= 0.6 is 0 Å². The van der Waals surface area contributed by atoms with Gasteiger partial charge in [0.05, 0.1) is 18.2 Å². The maximum atomic E-state index is 13.3. The van der Waals surface area contributed by atoms with Crippen molar-refractivity contribution in [1.29, 1.82) is 5.26 Å². The lowest BCUT2D eigenvalue weighted by Crippen LogP contribution is -2.12. The van der Waals surface area contributed by atoms with E-state index in [1.54, 1.807) is 6.92 Å². The Kier molecular flexibility index (Phi) is 4.86. The number of hydrogen-bond donors (Lipinski definition) is 0. The predicted octanol–water partition coefficient (Wildman–Crippen LogP) is 3.17. The van der Waals surface area contributed by atoms with E-state index in [1.165, 1.54) is 37.3 Å². The first-order valence-electron chi connectivity index (χ1n) is 6.75. The molecule has 0 aliphatic heterocycles. The molecule has 2 aromatic rings. The van der Waals surface area contributed by atoms with Crippen molar-refractivity contribution < 1.29 is 21.7 Å². The van der Waals surface area contributed by atoms with Gasteiger partial charge in [-0.15, -0.1) is 0 Å². The summed E-state index contributed by atoms with van der Waals surface area (Å²) >= 11 is 0. The first-order valence-corrected chi connectivity index (χ1v) is 8.16. The fourth-order valence-electron chi connectivity index (χ4n) is 1.92. The van der Waals surface area contributed by atoms with Gasteiger partial charge in [-0.05, 0) is 43.7 Å². The molecule has 0 amide bonds. The third-order valence-corrected chi connectivity index (χ3v) is 4.37. The standard InChI is InChI=1S/C16H14FNO4S/c1-3-21-15-8-12(10-18)5-7-14(15)22-23(19,20)16-9-13(17)6-4-11(16)2/h4-9H,3H2,1-2H3. The fourth-order valence-corrected chi connectivity index (χ4v) is 3.10. The highest BCUT2D eigenvalue weighted by Gasteiger charge is 2.22. The number of nitrogens with zero attached hydrogens (tertiary/aromatic N) is 1.